The van der Waals surface area contributed by atoms with Gasteiger partial charge in [-0.15, -0.1) is 0 Å². The summed E-state index contributed by atoms with van der Waals surface area (Å²) >= 11 is 5.90. The summed E-state index contributed by atoms with van der Waals surface area (Å²) in [6.45, 7) is 2.66. The Labute approximate surface area is 157 Å². The first-order valence-corrected chi connectivity index (χ1v) is 8.68. The predicted molar refractivity (Wildman–Crippen MR) is 102 cm³/mol. The molecule has 3 rings (SSSR count). The van der Waals surface area contributed by atoms with Gasteiger partial charge in [0, 0.05) is 22.9 Å². The Kier molecular flexibility index (Phi) is 5.75. The van der Waals surface area contributed by atoms with Gasteiger partial charge in [0.1, 0.15) is 6.61 Å². The highest BCUT2D eigenvalue weighted by molar-refractivity contribution is 6.30. The molecular formula is C19H20ClN3O3. The summed E-state index contributed by atoms with van der Waals surface area (Å²) in [6.07, 6.45) is -0.279. The molecule has 0 spiro atoms. The molecule has 0 saturated carbocycles. The summed E-state index contributed by atoms with van der Waals surface area (Å²) in [5.74, 6) is -0.0878. The first-order chi connectivity index (χ1) is 12.5. The minimum atomic E-state index is -0.352. The van der Waals surface area contributed by atoms with Crippen molar-refractivity contribution < 1.29 is 14.3 Å². The lowest BCUT2D eigenvalue weighted by atomic mass is 10.1. The van der Waals surface area contributed by atoms with Crippen molar-refractivity contribution in [2.24, 2.45) is 0 Å². The molecule has 26 heavy (non-hydrogen) atoms. The van der Waals surface area contributed by atoms with Crippen molar-refractivity contribution in [1.29, 1.82) is 0 Å². The van der Waals surface area contributed by atoms with Crippen molar-refractivity contribution in [2.45, 2.75) is 13.0 Å². The van der Waals surface area contributed by atoms with Crippen molar-refractivity contribution in [3.05, 3.63) is 59.1 Å². The summed E-state index contributed by atoms with van der Waals surface area (Å²) in [4.78, 5) is 25.9. The van der Waals surface area contributed by atoms with E-state index in [1.54, 1.807) is 29.2 Å². The number of halogens is 1. The second-order valence-electron chi connectivity index (χ2n) is 6.12. The van der Waals surface area contributed by atoms with E-state index in [-0.39, 0.29) is 24.6 Å². The van der Waals surface area contributed by atoms with Crippen molar-refractivity contribution in [2.75, 3.05) is 29.9 Å². The number of morpholine rings is 1. The Hall–Kier alpha value is -2.57. The first-order valence-electron chi connectivity index (χ1n) is 8.30. The lowest BCUT2D eigenvalue weighted by Crippen LogP contribution is -2.51. The monoisotopic (exact) mass is 373 g/mol. The molecule has 3 amide bonds. The zero-order valence-corrected chi connectivity index (χ0v) is 15.1. The van der Waals surface area contributed by atoms with Crippen molar-refractivity contribution in [3.63, 3.8) is 0 Å². The molecule has 136 valence electrons. The van der Waals surface area contributed by atoms with Gasteiger partial charge in [-0.3, -0.25) is 4.79 Å². The van der Waals surface area contributed by atoms with Gasteiger partial charge in [0.25, 0.3) is 5.91 Å². The molecule has 2 aromatic carbocycles. The average Bonchev–Trinajstić information content (AvgIpc) is 2.61. The van der Waals surface area contributed by atoms with Gasteiger partial charge in [-0.2, -0.15) is 0 Å². The summed E-state index contributed by atoms with van der Waals surface area (Å²) in [5, 5.41) is 6.02. The molecule has 0 radical (unpaired) electrons. The topological polar surface area (TPSA) is 70.7 Å². The molecule has 1 heterocycles. The molecular weight excluding hydrogens is 354 g/mol. The van der Waals surface area contributed by atoms with Crippen LogP contribution in [0.3, 0.4) is 0 Å². The van der Waals surface area contributed by atoms with Gasteiger partial charge >= 0.3 is 6.03 Å². The predicted octanol–water partition coefficient (Wildman–Crippen LogP) is 3.20. The fraction of sp³-hybridized carbons (Fsp3) is 0.263. The number of hydrogen-bond acceptors (Lipinski definition) is 3. The molecule has 1 unspecified atom stereocenters. The Balaban J connectivity index is 1.55. The summed E-state index contributed by atoms with van der Waals surface area (Å²) in [6, 6.07) is 14.3. The number of nitrogens with one attached hydrogen (secondary N) is 2. The smallest absolute Gasteiger partial charge is 0.319 e. The Morgan fingerprint density at radius 3 is 2.85 bits per heavy atom. The number of carbonyl (C=O) groups is 2. The van der Waals surface area contributed by atoms with Crippen LogP contribution in [0.25, 0.3) is 0 Å². The minimum absolute atomic E-state index is 0.00377. The third-order valence-electron chi connectivity index (χ3n) is 4.02. The molecule has 1 aliphatic rings. The van der Waals surface area contributed by atoms with Crippen LogP contribution in [-0.4, -0.2) is 37.7 Å². The normalized spacial score (nSPS) is 17.1. The minimum Gasteiger partial charge on any atom is -0.365 e. The maximum Gasteiger partial charge on any atom is 0.319 e. The fourth-order valence-corrected chi connectivity index (χ4v) is 2.93. The van der Waals surface area contributed by atoms with Crippen LogP contribution in [0.5, 0.6) is 0 Å². The van der Waals surface area contributed by atoms with Crippen molar-refractivity contribution >= 4 is 34.9 Å². The van der Waals surface area contributed by atoms with Crippen LogP contribution in [0.4, 0.5) is 16.2 Å². The summed E-state index contributed by atoms with van der Waals surface area (Å²) in [7, 11) is 0. The molecule has 0 aromatic heterocycles. The lowest BCUT2D eigenvalue weighted by molar-refractivity contribution is -0.129. The third kappa shape index (κ3) is 4.74. The van der Waals surface area contributed by atoms with E-state index in [9.17, 15) is 9.59 Å². The lowest BCUT2D eigenvalue weighted by Gasteiger charge is -2.33. The van der Waals surface area contributed by atoms with E-state index in [4.69, 9.17) is 16.3 Å². The van der Waals surface area contributed by atoms with E-state index < -0.39 is 0 Å². The summed E-state index contributed by atoms with van der Waals surface area (Å²) < 4.78 is 5.54. The standard InChI is InChI=1S/C19H20ClN3O3/c1-13-4-2-7-16(8-13)23-11-17(26-12-18(23)24)10-21-19(25)22-15-6-3-5-14(20)9-15/h2-9,17H,10-12H2,1H3,(H2,21,22,25). The van der Waals surface area contributed by atoms with Crippen LogP contribution in [0.15, 0.2) is 48.5 Å². The fourth-order valence-electron chi connectivity index (χ4n) is 2.74. The average molecular weight is 374 g/mol. The van der Waals surface area contributed by atoms with Gasteiger partial charge in [-0.05, 0) is 42.8 Å². The van der Waals surface area contributed by atoms with Gasteiger partial charge < -0.3 is 20.3 Å². The molecule has 0 aliphatic carbocycles. The molecule has 7 heteroatoms. The largest absolute Gasteiger partial charge is 0.365 e. The quantitative estimate of drug-likeness (QED) is 0.864. The molecule has 1 aliphatic heterocycles. The molecule has 1 fully saturated rings. The Morgan fingerprint density at radius 2 is 2.08 bits per heavy atom. The molecule has 2 aromatic rings. The highest BCUT2D eigenvalue weighted by Gasteiger charge is 2.27. The first kappa shape index (κ1) is 18.2. The number of carbonyl (C=O) groups excluding carboxylic acids is 2. The number of aryl methyl sites for hydroxylation is 1. The molecule has 6 nitrogen and oxygen atoms in total. The Morgan fingerprint density at radius 1 is 1.27 bits per heavy atom. The number of hydrogen-bond donors (Lipinski definition) is 2. The second-order valence-corrected chi connectivity index (χ2v) is 6.56. The highest BCUT2D eigenvalue weighted by Crippen LogP contribution is 2.20. The summed E-state index contributed by atoms with van der Waals surface area (Å²) in [5.41, 5.74) is 2.53. The molecule has 2 N–H and O–H groups in total. The van der Waals surface area contributed by atoms with Crippen molar-refractivity contribution in [3.8, 4) is 0 Å². The Bertz CT molecular complexity index is 812. The highest BCUT2D eigenvalue weighted by atomic mass is 35.5. The van der Waals surface area contributed by atoms with Crippen LogP contribution < -0.4 is 15.5 Å². The maximum atomic E-state index is 12.2. The number of ether oxygens (including phenoxy) is 1. The van der Waals surface area contributed by atoms with Crippen LogP contribution in [0.1, 0.15) is 5.56 Å². The molecule has 1 saturated heterocycles. The van der Waals surface area contributed by atoms with E-state index >= 15 is 0 Å². The second kappa shape index (κ2) is 8.21. The van der Waals surface area contributed by atoms with Crippen LogP contribution >= 0.6 is 11.6 Å². The van der Waals surface area contributed by atoms with Crippen LogP contribution in [-0.2, 0) is 9.53 Å². The van der Waals surface area contributed by atoms with E-state index in [2.05, 4.69) is 10.6 Å². The molecule has 1 atom stereocenters. The number of anilines is 2. The van der Waals surface area contributed by atoms with Gasteiger partial charge in [0.2, 0.25) is 0 Å². The SMILES string of the molecule is Cc1cccc(N2CC(CNC(=O)Nc3cccc(Cl)c3)OCC2=O)c1. The van der Waals surface area contributed by atoms with Crippen molar-refractivity contribution in [1.82, 2.24) is 5.32 Å². The number of amides is 3. The number of nitrogens with zero attached hydrogens (tertiary/aromatic N) is 1. The van der Waals surface area contributed by atoms with Crippen LogP contribution in [0.2, 0.25) is 5.02 Å². The van der Waals surface area contributed by atoms with E-state index in [1.807, 2.05) is 31.2 Å². The van der Waals surface area contributed by atoms with E-state index in [0.717, 1.165) is 11.3 Å². The van der Waals surface area contributed by atoms with Gasteiger partial charge in [0.15, 0.2) is 0 Å². The third-order valence-corrected chi connectivity index (χ3v) is 4.25. The van der Waals surface area contributed by atoms with Crippen LogP contribution in [0, 0.1) is 6.92 Å². The van der Waals surface area contributed by atoms with Gasteiger partial charge in [-0.1, -0.05) is 29.8 Å². The number of urea groups is 1. The maximum absolute atomic E-state index is 12.2. The zero-order chi connectivity index (χ0) is 18.5. The van der Waals surface area contributed by atoms with Gasteiger partial charge in [0.05, 0.1) is 12.6 Å². The zero-order valence-electron chi connectivity index (χ0n) is 14.4. The van der Waals surface area contributed by atoms with Gasteiger partial charge in [-0.25, -0.2) is 4.79 Å². The number of rotatable bonds is 4. The number of benzene rings is 2. The molecule has 0 bridgehead atoms. The van der Waals surface area contributed by atoms with E-state index in [0.29, 0.717) is 23.8 Å². The van der Waals surface area contributed by atoms with E-state index in [1.165, 1.54) is 0 Å².